The molecule has 3 atom stereocenters. The number of likely N-dealkylation sites (N-methyl/N-ethyl adjacent to an activating group) is 1. The molecule has 4 heteroatoms. The van der Waals surface area contributed by atoms with E-state index >= 15 is 0 Å². The lowest BCUT2D eigenvalue weighted by molar-refractivity contribution is -0.131. The minimum atomic E-state index is -0.465. The highest BCUT2D eigenvalue weighted by molar-refractivity contribution is 6.39. The highest BCUT2D eigenvalue weighted by Gasteiger charge is 2.52. The van der Waals surface area contributed by atoms with Crippen LogP contribution in [0, 0.1) is 22.7 Å². The van der Waals surface area contributed by atoms with E-state index in [1.807, 2.05) is 13.1 Å². The molecule has 194 valence electrons. The number of rotatable bonds is 8. The minimum absolute atomic E-state index is 0.0600. The molecule has 1 fully saturated rings. The lowest BCUT2D eigenvalue weighted by Crippen LogP contribution is -2.53. The second-order valence-corrected chi connectivity index (χ2v) is 13.6. The standard InChI is InChI=1S/C30H53N3O/c1-12-23(4)25(16-19-28(5,6)7)33-27(34)26(32(11)21-17-22(2)3)31-30(33)18-13-14-24(15-20-30)29(8,9)10/h12,22,24-25H,1,4,13-21H2,2-3,5-11H3. The number of carbonyl (C=O) groups is 1. The molecule has 0 radical (unpaired) electrons. The Hall–Kier alpha value is -1.58. The fraction of sp³-hybridized carbons (Fsp3) is 0.800. The molecule has 4 nitrogen and oxygen atoms in total. The summed E-state index contributed by atoms with van der Waals surface area (Å²) in [6, 6.07) is -0.0600. The van der Waals surface area contributed by atoms with Crippen molar-refractivity contribution >= 4 is 11.7 Å². The first-order valence-electron chi connectivity index (χ1n) is 13.6. The summed E-state index contributed by atoms with van der Waals surface area (Å²) in [4.78, 5) is 23.7. The Morgan fingerprint density at radius 2 is 1.82 bits per heavy atom. The molecule has 3 unspecified atom stereocenters. The summed E-state index contributed by atoms with van der Waals surface area (Å²) >= 11 is 0. The Balaban J connectivity index is 2.48. The summed E-state index contributed by atoms with van der Waals surface area (Å²) in [7, 11) is 2.04. The molecule has 0 aromatic heterocycles. The van der Waals surface area contributed by atoms with Crippen molar-refractivity contribution in [1.82, 2.24) is 9.80 Å². The van der Waals surface area contributed by atoms with Crippen LogP contribution in [0.1, 0.15) is 107 Å². The lowest BCUT2D eigenvalue weighted by atomic mass is 9.76. The van der Waals surface area contributed by atoms with Gasteiger partial charge in [-0.15, -0.1) is 0 Å². The third kappa shape index (κ3) is 6.98. The Labute approximate surface area is 211 Å². The molecule has 0 aromatic rings. The van der Waals surface area contributed by atoms with Crippen LogP contribution < -0.4 is 0 Å². The van der Waals surface area contributed by atoms with Gasteiger partial charge >= 0.3 is 0 Å². The number of hydrogen-bond donors (Lipinski definition) is 0. The van der Waals surface area contributed by atoms with E-state index < -0.39 is 5.66 Å². The molecule has 0 N–H and O–H groups in total. The Morgan fingerprint density at radius 1 is 1.18 bits per heavy atom. The molecule has 0 bridgehead atoms. The van der Waals surface area contributed by atoms with Crippen LogP contribution in [0.2, 0.25) is 0 Å². The molecule has 0 aromatic carbocycles. The highest BCUT2D eigenvalue weighted by Crippen LogP contribution is 2.46. The predicted octanol–water partition coefficient (Wildman–Crippen LogP) is 7.46. The molecular weight excluding hydrogens is 418 g/mol. The van der Waals surface area contributed by atoms with Gasteiger partial charge in [-0.25, -0.2) is 4.99 Å². The van der Waals surface area contributed by atoms with E-state index in [1.54, 1.807) is 0 Å². The molecule has 1 aliphatic carbocycles. The summed E-state index contributed by atoms with van der Waals surface area (Å²) in [5, 5.41) is 0. The van der Waals surface area contributed by atoms with E-state index in [0.717, 1.165) is 57.1 Å². The van der Waals surface area contributed by atoms with Crippen LogP contribution in [0.25, 0.3) is 0 Å². The molecule has 1 aliphatic heterocycles. The zero-order chi connectivity index (χ0) is 25.9. The molecular formula is C30H53N3O. The maximum atomic E-state index is 14.1. The van der Waals surface area contributed by atoms with Crippen LogP contribution in [0.3, 0.4) is 0 Å². The minimum Gasteiger partial charge on any atom is -0.355 e. The first-order valence-corrected chi connectivity index (χ1v) is 13.6. The van der Waals surface area contributed by atoms with Crippen LogP contribution in [0.4, 0.5) is 0 Å². The van der Waals surface area contributed by atoms with Crippen molar-refractivity contribution in [3.63, 3.8) is 0 Å². The number of amides is 1. The van der Waals surface area contributed by atoms with Gasteiger partial charge in [0, 0.05) is 13.6 Å². The van der Waals surface area contributed by atoms with E-state index in [1.165, 1.54) is 6.42 Å². The summed E-state index contributed by atoms with van der Waals surface area (Å²) < 4.78 is 0. The largest absolute Gasteiger partial charge is 0.355 e. The summed E-state index contributed by atoms with van der Waals surface area (Å²) in [5.41, 5.74) is 0.937. The molecule has 1 spiro atoms. The van der Waals surface area contributed by atoms with Gasteiger partial charge in [-0.05, 0) is 79.6 Å². The highest BCUT2D eigenvalue weighted by atomic mass is 16.2. The van der Waals surface area contributed by atoms with E-state index in [9.17, 15) is 4.79 Å². The molecule has 1 heterocycles. The SMILES string of the molecule is C=CC(=C)C(CCC(C)(C)C)N1C(=O)C(N(C)CCC(C)C)=NC12CCCC(C(C)(C)C)CC2. The molecule has 2 aliphatic rings. The van der Waals surface area contributed by atoms with Crippen molar-refractivity contribution in [2.24, 2.45) is 27.7 Å². The number of amidine groups is 1. The second kappa shape index (κ2) is 11.0. The van der Waals surface area contributed by atoms with Gasteiger partial charge in [0.15, 0.2) is 5.84 Å². The van der Waals surface area contributed by atoms with Crippen LogP contribution in [0.5, 0.6) is 0 Å². The third-order valence-corrected chi connectivity index (χ3v) is 7.99. The fourth-order valence-electron chi connectivity index (χ4n) is 5.54. The van der Waals surface area contributed by atoms with E-state index in [0.29, 0.717) is 17.7 Å². The fourth-order valence-corrected chi connectivity index (χ4v) is 5.54. The van der Waals surface area contributed by atoms with Gasteiger partial charge in [0.05, 0.1) is 6.04 Å². The van der Waals surface area contributed by atoms with Crippen molar-refractivity contribution in [3.05, 3.63) is 24.8 Å². The van der Waals surface area contributed by atoms with Gasteiger partial charge < -0.3 is 9.80 Å². The quantitative estimate of drug-likeness (QED) is 0.344. The number of aliphatic imine (C=N–C) groups is 1. The van der Waals surface area contributed by atoms with Crippen LogP contribution in [-0.2, 0) is 4.79 Å². The molecule has 2 rings (SSSR count). The molecule has 1 amide bonds. The number of carbonyl (C=O) groups excluding carboxylic acids is 1. The number of hydrogen-bond acceptors (Lipinski definition) is 3. The van der Waals surface area contributed by atoms with Gasteiger partial charge in [-0.2, -0.15) is 0 Å². The van der Waals surface area contributed by atoms with Crippen molar-refractivity contribution in [2.45, 2.75) is 118 Å². The van der Waals surface area contributed by atoms with Crippen molar-refractivity contribution < 1.29 is 4.79 Å². The maximum Gasteiger partial charge on any atom is 0.291 e. The average molecular weight is 472 g/mol. The summed E-state index contributed by atoms with van der Waals surface area (Å²) in [5.74, 6) is 1.97. The average Bonchev–Trinajstić information content (AvgIpc) is 2.86. The smallest absolute Gasteiger partial charge is 0.291 e. The Kier molecular flexibility index (Phi) is 9.27. The second-order valence-electron chi connectivity index (χ2n) is 13.6. The van der Waals surface area contributed by atoms with Crippen molar-refractivity contribution in [3.8, 4) is 0 Å². The number of nitrogens with zero attached hydrogens (tertiary/aromatic N) is 3. The van der Waals surface area contributed by atoms with Gasteiger partial charge in [0.1, 0.15) is 5.66 Å². The maximum absolute atomic E-state index is 14.1. The summed E-state index contributed by atoms with van der Waals surface area (Å²) in [6.45, 7) is 27.6. The Morgan fingerprint density at radius 3 is 2.35 bits per heavy atom. The predicted molar refractivity (Wildman–Crippen MR) is 147 cm³/mol. The van der Waals surface area contributed by atoms with Gasteiger partial charge in [0.2, 0.25) is 0 Å². The van der Waals surface area contributed by atoms with Crippen LogP contribution in [0.15, 0.2) is 29.8 Å². The van der Waals surface area contributed by atoms with Crippen LogP contribution >= 0.6 is 0 Å². The van der Waals surface area contributed by atoms with E-state index in [4.69, 9.17) is 4.99 Å². The van der Waals surface area contributed by atoms with Crippen molar-refractivity contribution in [1.29, 1.82) is 0 Å². The van der Waals surface area contributed by atoms with Gasteiger partial charge in [0.25, 0.3) is 5.91 Å². The zero-order valence-electron chi connectivity index (χ0n) is 23.8. The van der Waals surface area contributed by atoms with Gasteiger partial charge in [-0.3, -0.25) is 4.79 Å². The molecule has 1 saturated carbocycles. The van der Waals surface area contributed by atoms with Crippen LogP contribution in [-0.4, -0.2) is 46.8 Å². The first-order chi connectivity index (χ1) is 15.6. The van der Waals surface area contributed by atoms with Crippen molar-refractivity contribution in [2.75, 3.05) is 13.6 Å². The lowest BCUT2D eigenvalue weighted by Gasteiger charge is -2.42. The van der Waals surface area contributed by atoms with Gasteiger partial charge in [-0.1, -0.05) is 74.6 Å². The topological polar surface area (TPSA) is 35.9 Å². The Bertz CT molecular complexity index is 767. The zero-order valence-corrected chi connectivity index (χ0v) is 23.8. The first kappa shape index (κ1) is 28.7. The van der Waals surface area contributed by atoms with E-state index in [-0.39, 0.29) is 22.8 Å². The molecule has 34 heavy (non-hydrogen) atoms. The summed E-state index contributed by atoms with van der Waals surface area (Å²) in [6.07, 6.45) is 10.1. The normalized spacial score (nSPS) is 24.9. The monoisotopic (exact) mass is 471 g/mol. The molecule has 0 saturated heterocycles. The van der Waals surface area contributed by atoms with E-state index in [2.05, 4.69) is 78.3 Å². The third-order valence-electron chi connectivity index (χ3n) is 7.99.